The van der Waals surface area contributed by atoms with Gasteiger partial charge in [0.15, 0.2) is 5.82 Å². The van der Waals surface area contributed by atoms with Crippen molar-refractivity contribution in [3.8, 4) is 0 Å². The molecular weight excluding hydrogens is 356 g/mol. The van der Waals surface area contributed by atoms with Gasteiger partial charge in [-0.3, -0.25) is 0 Å². The maximum atomic E-state index is 5.96. The van der Waals surface area contributed by atoms with Crippen molar-refractivity contribution in [1.29, 1.82) is 0 Å². The Morgan fingerprint density at radius 2 is 1.89 bits per heavy atom. The van der Waals surface area contributed by atoms with Crippen LogP contribution in [0.3, 0.4) is 0 Å². The normalized spacial score (nSPS) is 13.7. The van der Waals surface area contributed by atoms with E-state index >= 15 is 0 Å². The number of nitrogens with two attached hydrogens (primary N) is 1. The van der Waals surface area contributed by atoms with Gasteiger partial charge in [0.25, 0.3) is 0 Å². The fraction of sp³-hybridized carbons (Fsp3) is 0.250. The van der Waals surface area contributed by atoms with Crippen LogP contribution in [-0.4, -0.2) is 27.2 Å². The predicted octanol–water partition coefficient (Wildman–Crippen LogP) is 4.01. The fourth-order valence-corrected chi connectivity index (χ4v) is 4.14. The lowest BCUT2D eigenvalue weighted by molar-refractivity contribution is 0.736. The molecule has 2 aromatic carbocycles. The van der Waals surface area contributed by atoms with Crippen LogP contribution in [0.4, 0.5) is 23.3 Å². The summed E-state index contributed by atoms with van der Waals surface area (Å²) in [7, 11) is 0. The topological polar surface area (TPSA) is 80.0 Å². The first-order valence-corrected chi connectivity index (χ1v) is 9.97. The van der Waals surface area contributed by atoms with Crippen LogP contribution in [0.2, 0.25) is 0 Å². The van der Waals surface area contributed by atoms with Crippen LogP contribution in [0.1, 0.15) is 17.8 Å². The molecule has 27 heavy (non-hydrogen) atoms. The second-order valence-corrected chi connectivity index (χ2v) is 7.60. The van der Waals surface area contributed by atoms with E-state index in [1.165, 1.54) is 10.6 Å². The fourth-order valence-electron chi connectivity index (χ4n) is 3.13. The molecule has 0 spiro atoms. The van der Waals surface area contributed by atoms with Crippen molar-refractivity contribution in [3.05, 3.63) is 59.9 Å². The van der Waals surface area contributed by atoms with E-state index in [0.29, 0.717) is 18.3 Å². The van der Waals surface area contributed by atoms with Crippen molar-refractivity contribution in [1.82, 2.24) is 15.0 Å². The van der Waals surface area contributed by atoms with E-state index in [2.05, 4.69) is 49.4 Å². The van der Waals surface area contributed by atoms with E-state index in [-0.39, 0.29) is 5.95 Å². The lowest BCUT2D eigenvalue weighted by atomic mass is 10.2. The molecule has 3 aromatic rings. The molecule has 1 aliphatic heterocycles. The van der Waals surface area contributed by atoms with Gasteiger partial charge in [-0.05, 0) is 42.9 Å². The van der Waals surface area contributed by atoms with Gasteiger partial charge in [0.05, 0.1) is 12.2 Å². The minimum Gasteiger partial charge on any atom is -0.368 e. The first kappa shape index (κ1) is 17.6. The Hall–Kier alpha value is -2.80. The Labute approximate surface area is 163 Å². The number of benzene rings is 2. The van der Waals surface area contributed by atoms with Crippen LogP contribution in [0.5, 0.6) is 0 Å². The van der Waals surface area contributed by atoms with Gasteiger partial charge in [0, 0.05) is 17.1 Å². The molecule has 0 bridgehead atoms. The maximum Gasteiger partial charge on any atom is 0.232 e. The molecule has 1 aromatic heterocycles. The number of nitrogens with one attached hydrogen (secondary N) is 1. The summed E-state index contributed by atoms with van der Waals surface area (Å²) in [5.74, 6) is 2.49. The molecule has 6 nitrogen and oxygen atoms in total. The van der Waals surface area contributed by atoms with Gasteiger partial charge in [-0.25, -0.2) is 0 Å². The number of anilines is 4. The second kappa shape index (κ2) is 7.84. The number of para-hydroxylation sites is 2. The first-order chi connectivity index (χ1) is 13.2. The molecule has 3 N–H and O–H groups in total. The summed E-state index contributed by atoms with van der Waals surface area (Å²) in [5.41, 5.74) is 9.27. The zero-order chi connectivity index (χ0) is 18.6. The van der Waals surface area contributed by atoms with Gasteiger partial charge < -0.3 is 16.0 Å². The molecule has 0 unspecified atom stereocenters. The monoisotopic (exact) mass is 378 g/mol. The number of nitrogens with zero attached hydrogens (tertiary/aromatic N) is 4. The van der Waals surface area contributed by atoms with Crippen molar-refractivity contribution >= 4 is 35.0 Å². The number of hydrogen-bond donors (Lipinski definition) is 2. The highest BCUT2D eigenvalue weighted by Gasteiger charge is 2.17. The van der Waals surface area contributed by atoms with Crippen LogP contribution in [0.25, 0.3) is 0 Å². The molecule has 0 aliphatic carbocycles. The highest BCUT2D eigenvalue weighted by atomic mass is 32.2. The molecule has 0 amide bonds. The summed E-state index contributed by atoms with van der Waals surface area (Å²) in [6.07, 6.45) is 1.12. The minimum absolute atomic E-state index is 0.230. The number of rotatable bonds is 4. The van der Waals surface area contributed by atoms with Crippen LogP contribution >= 0.6 is 11.8 Å². The first-order valence-electron chi connectivity index (χ1n) is 8.99. The molecule has 0 atom stereocenters. The van der Waals surface area contributed by atoms with Crippen LogP contribution in [0.15, 0.2) is 53.4 Å². The smallest absolute Gasteiger partial charge is 0.232 e. The quantitative estimate of drug-likeness (QED) is 0.710. The van der Waals surface area contributed by atoms with E-state index in [4.69, 9.17) is 5.73 Å². The van der Waals surface area contributed by atoms with E-state index in [1.54, 1.807) is 0 Å². The van der Waals surface area contributed by atoms with Gasteiger partial charge >= 0.3 is 0 Å². The molecule has 138 valence electrons. The largest absolute Gasteiger partial charge is 0.368 e. The van der Waals surface area contributed by atoms with Crippen LogP contribution < -0.4 is 16.0 Å². The van der Waals surface area contributed by atoms with Crippen molar-refractivity contribution < 1.29 is 0 Å². The summed E-state index contributed by atoms with van der Waals surface area (Å²) in [5, 5.41) is 3.26. The maximum absolute atomic E-state index is 5.96. The Morgan fingerprint density at radius 1 is 1.07 bits per heavy atom. The summed E-state index contributed by atoms with van der Waals surface area (Å²) in [4.78, 5) is 16.8. The Balaban J connectivity index is 1.60. The number of aryl methyl sites for hydroxylation is 1. The minimum atomic E-state index is 0.230. The van der Waals surface area contributed by atoms with Crippen molar-refractivity contribution in [2.45, 2.75) is 24.8 Å². The molecule has 7 heteroatoms. The second-order valence-electron chi connectivity index (χ2n) is 6.46. The Morgan fingerprint density at radius 3 is 2.78 bits per heavy atom. The zero-order valence-corrected chi connectivity index (χ0v) is 16.0. The third-order valence-electron chi connectivity index (χ3n) is 4.46. The zero-order valence-electron chi connectivity index (χ0n) is 15.2. The van der Waals surface area contributed by atoms with Crippen molar-refractivity contribution in [3.63, 3.8) is 0 Å². The summed E-state index contributed by atoms with van der Waals surface area (Å²) >= 11 is 1.90. The van der Waals surface area contributed by atoms with Crippen LogP contribution in [0, 0.1) is 6.92 Å². The summed E-state index contributed by atoms with van der Waals surface area (Å²) in [6, 6.07) is 16.5. The van der Waals surface area contributed by atoms with Gasteiger partial charge in [-0.1, -0.05) is 30.3 Å². The Kier molecular flexibility index (Phi) is 5.11. The van der Waals surface area contributed by atoms with Crippen molar-refractivity contribution in [2.24, 2.45) is 0 Å². The standard InChI is InChI=1S/C20H22N6S/c1-14-7-2-3-8-15(14)22-20-24-18(23-19(21)25-20)13-26-11-6-12-27-17-10-5-4-9-16(17)26/h2-5,7-10H,6,11-13H2,1H3,(H3,21,22,23,24,25). The van der Waals surface area contributed by atoms with E-state index in [9.17, 15) is 0 Å². The molecule has 2 heterocycles. The number of thioether (sulfide) groups is 1. The molecular formula is C20H22N6S. The number of aromatic nitrogens is 3. The summed E-state index contributed by atoms with van der Waals surface area (Å²) < 4.78 is 0. The third-order valence-corrected chi connectivity index (χ3v) is 5.61. The van der Waals surface area contributed by atoms with E-state index < -0.39 is 0 Å². The van der Waals surface area contributed by atoms with E-state index in [1.807, 2.05) is 43.0 Å². The molecule has 0 saturated heterocycles. The summed E-state index contributed by atoms with van der Waals surface area (Å²) in [6.45, 7) is 3.61. The van der Waals surface area contributed by atoms with Gasteiger partial charge in [0.1, 0.15) is 0 Å². The van der Waals surface area contributed by atoms with Gasteiger partial charge in [-0.15, -0.1) is 11.8 Å². The van der Waals surface area contributed by atoms with Crippen molar-refractivity contribution in [2.75, 3.05) is 28.2 Å². The third kappa shape index (κ3) is 4.14. The van der Waals surface area contributed by atoms with E-state index in [0.717, 1.165) is 30.0 Å². The lowest BCUT2D eigenvalue weighted by Crippen LogP contribution is -2.25. The number of fused-ring (bicyclic) bond motifs is 1. The van der Waals surface area contributed by atoms with Gasteiger partial charge in [0.2, 0.25) is 11.9 Å². The average molecular weight is 379 g/mol. The molecule has 0 saturated carbocycles. The molecule has 1 aliphatic rings. The number of hydrogen-bond acceptors (Lipinski definition) is 7. The highest BCUT2D eigenvalue weighted by Crippen LogP contribution is 2.34. The average Bonchev–Trinajstić information content (AvgIpc) is 2.86. The van der Waals surface area contributed by atoms with Gasteiger partial charge in [-0.2, -0.15) is 15.0 Å². The number of nitrogen functional groups attached to an aromatic ring is 1. The van der Waals surface area contributed by atoms with Crippen LogP contribution in [-0.2, 0) is 6.54 Å². The molecule has 0 fully saturated rings. The molecule has 4 rings (SSSR count). The highest BCUT2D eigenvalue weighted by molar-refractivity contribution is 7.99. The lowest BCUT2D eigenvalue weighted by Gasteiger charge is -2.23. The SMILES string of the molecule is Cc1ccccc1Nc1nc(N)nc(CN2CCCSc3ccccc32)n1. The predicted molar refractivity (Wildman–Crippen MR) is 112 cm³/mol. The molecule has 0 radical (unpaired) electrons. The Bertz CT molecular complexity index is 945.